The largest absolute Gasteiger partial charge is 0.504 e. The fraction of sp³-hybridized carbons (Fsp3) is 0.571. The van der Waals surface area contributed by atoms with Crippen LogP contribution in [0.1, 0.15) is 77.9 Å². The highest BCUT2D eigenvalue weighted by molar-refractivity contribution is 7.99. The Morgan fingerprint density at radius 1 is 1.25 bits per heavy atom. The van der Waals surface area contributed by atoms with Gasteiger partial charge in [0.25, 0.3) is 6.47 Å². The lowest BCUT2D eigenvalue weighted by atomic mass is 9.71. The summed E-state index contributed by atoms with van der Waals surface area (Å²) in [5.41, 5.74) is 4.59. The predicted octanol–water partition coefficient (Wildman–Crippen LogP) is 4.24. The average Bonchev–Trinajstić information content (AvgIpc) is 3.54. The first-order valence-corrected chi connectivity index (χ1v) is 17.5. The van der Waals surface area contributed by atoms with Gasteiger partial charge in [0.2, 0.25) is 6.79 Å². The Balaban J connectivity index is 1.67. The van der Waals surface area contributed by atoms with Gasteiger partial charge in [0.05, 0.1) is 30.5 Å². The molecule has 7 atom stereocenters. The predicted molar refractivity (Wildman–Crippen MR) is 179 cm³/mol. The van der Waals surface area contributed by atoms with Gasteiger partial charge >= 0.3 is 5.97 Å². The Bertz CT molecular complexity index is 1650. The van der Waals surface area contributed by atoms with Gasteiger partial charge in [0.1, 0.15) is 18.4 Å². The van der Waals surface area contributed by atoms with Gasteiger partial charge in [-0.25, -0.2) is 0 Å². The molecule has 4 aliphatic heterocycles. The highest BCUT2D eigenvalue weighted by Crippen LogP contribution is 2.63. The number of carbonyl (C=O) groups is 2. The van der Waals surface area contributed by atoms with Gasteiger partial charge in [0.15, 0.2) is 23.0 Å². The van der Waals surface area contributed by atoms with E-state index in [0.717, 1.165) is 35.2 Å². The Hall–Kier alpha value is -3.70. The van der Waals surface area contributed by atoms with Gasteiger partial charge < -0.3 is 34.1 Å². The van der Waals surface area contributed by atoms with Gasteiger partial charge in [-0.2, -0.15) is 17.0 Å². The molecule has 12 nitrogen and oxygen atoms in total. The van der Waals surface area contributed by atoms with Crippen LogP contribution in [0.15, 0.2) is 6.07 Å². The van der Waals surface area contributed by atoms with Crippen molar-refractivity contribution in [2.45, 2.75) is 89.0 Å². The second-order valence-corrected chi connectivity index (χ2v) is 14.2. The summed E-state index contributed by atoms with van der Waals surface area (Å²) in [6, 6.07) is 2.46. The van der Waals surface area contributed by atoms with E-state index in [-0.39, 0.29) is 36.5 Å². The lowest BCUT2D eigenvalue weighted by molar-refractivity contribution is -0.134. The number of thioether (sulfide) groups is 1. The Labute approximate surface area is 285 Å². The molecule has 1 unspecified atom stereocenters. The van der Waals surface area contributed by atoms with Crippen LogP contribution in [0.2, 0.25) is 0 Å². The molecule has 4 aliphatic rings. The number of ether oxygens (including phenoxy) is 5. The van der Waals surface area contributed by atoms with Gasteiger partial charge in [-0.05, 0) is 58.3 Å². The van der Waals surface area contributed by atoms with Crippen LogP contribution in [0.4, 0.5) is 0 Å². The number of fused-ring (bicyclic) bond motifs is 9. The van der Waals surface area contributed by atoms with E-state index >= 15 is 0 Å². The molecule has 1 fully saturated rings. The van der Waals surface area contributed by atoms with E-state index in [0.29, 0.717) is 52.8 Å². The summed E-state index contributed by atoms with van der Waals surface area (Å²) < 4.78 is 29.4. The summed E-state index contributed by atoms with van der Waals surface area (Å²) in [6.07, 6.45) is 1.52. The maximum absolute atomic E-state index is 12.7. The first-order chi connectivity index (χ1) is 23.1. The quantitative estimate of drug-likeness (QED) is 0.199. The number of esters is 1. The number of phenols is 1. The van der Waals surface area contributed by atoms with Crippen LogP contribution in [0.25, 0.3) is 0 Å². The number of nitrogens with zero attached hydrogens (tertiary/aromatic N) is 3. The molecule has 1 saturated heterocycles. The molecule has 2 N–H and O–H groups in total. The number of likely N-dealkylation sites (N-methyl/N-ethyl adjacent to an activating group) is 1. The third kappa shape index (κ3) is 5.43. The Morgan fingerprint density at radius 2 is 2.00 bits per heavy atom. The minimum atomic E-state index is -0.646. The van der Waals surface area contributed by atoms with E-state index < -0.39 is 30.1 Å². The zero-order valence-corrected chi connectivity index (χ0v) is 29.3. The first kappa shape index (κ1) is 34.2. The molecule has 6 rings (SSSR count). The fourth-order valence-corrected chi connectivity index (χ4v) is 9.77. The average molecular weight is 681 g/mol. The minimum absolute atomic E-state index is 0.0251. The van der Waals surface area contributed by atoms with Crippen LogP contribution in [-0.2, 0) is 20.7 Å². The Kier molecular flexibility index (Phi) is 9.73. The van der Waals surface area contributed by atoms with E-state index in [4.69, 9.17) is 23.7 Å². The number of piperazine rings is 1. The highest BCUT2D eigenvalue weighted by atomic mass is 32.2. The molecule has 48 heavy (non-hydrogen) atoms. The van der Waals surface area contributed by atoms with Crippen molar-refractivity contribution >= 4 is 24.2 Å². The molecule has 13 heteroatoms. The van der Waals surface area contributed by atoms with Crippen LogP contribution in [-0.4, -0.2) is 91.4 Å². The zero-order chi connectivity index (χ0) is 34.4. The molecule has 0 aromatic heterocycles. The first-order valence-electron chi connectivity index (χ1n) is 16.4. The molecule has 2 aromatic carbocycles. The van der Waals surface area contributed by atoms with E-state index in [9.17, 15) is 20.0 Å². The third-order valence-corrected chi connectivity index (χ3v) is 11.7. The summed E-state index contributed by atoms with van der Waals surface area (Å²) in [4.78, 5) is 28.8. The smallest absolute Gasteiger partial charge is 0.308 e. The molecule has 4 heterocycles. The normalized spacial score (nSPS) is 26.0. The number of benzene rings is 2. The molecule has 0 spiro atoms. The van der Waals surface area contributed by atoms with Crippen LogP contribution in [0, 0.1) is 25.2 Å². The molecule has 0 aliphatic carbocycles. The molecule has 2 aromatic rings. The zero-order valence-electron chi connectivity index (χ0n) is 28.5. The van der Waals surface area contributed by atoms with E-state index in [1.54, 1.807) is 18.9 Å². The van der Waals surface area contributed by atoms with E-state index in [1.165, 1.54) is 6.92 Å². The number of aromatic hydroxyl groups is 1. The number of carbonyl (C=O) groups excluding carboxylic acids is 2. The number of nitriles is 1. The molecule has 0 saturated carbocycles. The molecular weight excluding hydrogens is 636 g/mol. The highest BCUT2D eigenvalue weighted by Gasteiger charge is 2.60. The summed E-state index contributed by atoms with van der Waals surface area (Å²) in [7, 11) is 3.55. The van der Waals surface area contributed by atoms with Gasteiger partial charge in [-0.3, -0.25) is 19.4 Å². The van der Waals surface area contributed by atoms with Crippen molar-refractivity contribution in [1.82, 2.24) is 15.1 Å². The topological polar surface area (TPSA) is 143 Å². The summed E-state index contributed by atoms with van der Waals surface area (Å²) >= 11 is 1.71. The number of nitrogens with one attached hydrogen (secondary N) is 1. The molecule has 0 radical (unpaired) electrons. The second kappa shape index (κ2) is 13.7. The minimum Gasteiger partial charge on any atom is -0.504 e. The summed E-state index contributed by atoms with van der Waals surface area (Å²) in [5.74, 6) is 2.04. The summed E-state index contributed by atoms with van der Waals surface area (Å²) in [6.45, 7) is 10.6. The number of methoxy groups -OCH3 is 1. The van der Waals surface area contributed by atoms with Crippen LogP contribution in [0.5, 0.6) is 28.7 Å². The molecular formula is C35H44N4O8S. The number of phenolic OH excluding ortho intramolecular Hbond substituents is 1. The second-order valence-electron chi connectivity index (χ2n) is 13.0. The maximum atomic E-state index is 12.7. The number of rotatable bonds is 11. The van der Waals surface area contributed by atoms with Crippen molar-refractivity contribution in [1.29, 1.82) is 5.26 Å². The SMILES string of the molecule is CCCN[C@H](C)CS[C@@H]1c2c(OC(C)=O)c(C)c3c(c2[C@H](COC=O)N2C1[C@@H]1c4c(cc(C)c(OC)c4O)C[C@@H]([C@@H]2C#N)N1C)OCO3. The van der Waals surface area contributed by atoms with Crippen molar-refractivity contribution in [3.63, 3.8) is 0 Å². The third-order valence-electron chi connectivity index (χ3n) is 10.1. The number of hydrogen-bond acceptors (Lipinski definition) is 13. The lowest BCUT2D eigenvalue weighted by Crippen LogP contribution is -2.69. The summed E-state index contributed by atoms with van der Waals surface area (Å²) in [5, 5.41) is 26.0. The van der Waals surface area contributed by atoms with Crippen molar-refractivity contribution in [3.8, 4) is 34.8 Å². The molecule has 0 amide bonds. The standard InChI is InChI=1S/C35H44N4O8S/c1-8-9-37-18(3)14-48-35-27-26(34-33(45-16-46-34)19(4)32(27)47-20(5)41)24(13-44-15-40)39-23(12-36)22-11-21-10-17(2)31(43-7)30(42)25(21)28(29(35)39)38(22)6/h10,15,18,22-24,28-29,35,37,42H,8-9,11,13-14,16H2,1-7H3/t18-,22+,23+,24+,28+,29?,35-/m1/s1. The molecule has 2 bridgehead atoms. The van der Waals surface area contributed by atoms with Crippen LogP contribution < -0.4 is 24.3 Å². The van der Waals surface area contributed by atoms with Crippen LogP contribution in [0.3, 0.4) is 0 Å². The lowest BCUT2D eigenvalue weighted by Gasteiger charge is -2.61. The monoisotopic (exact) mass is 680 g/mol. The van der Waals surface area contributed by atoms with Gasteiger partial charge in [0, 0.05) is 53.1 Å². The van der Waals surface area contributed by atoms with Gasteiger partial charge in [-0.1, -0.05) is 13.0 Å². The van der Waals surface area contributed by atoms with Gasteiger partial charge in [-0.15, -0.1) is 0 Å². The molecule has 258 valence electrons. The number of aryl methyl sites for hydroxylation is 1. The van der Waals surface area contributed by atoms with Crippen molar-refractivity contribution in [2.24, 2.45) is 0 Å². The maximum Gasteiger partial charge on any atom is 0.308 e. The number of hydrogen-bond donors (Lipinski definition) is 2. The Morgan fingerprint density at radius 3 is 2.67 bits per heavy atom. The van der Waals surface area contributed by atoms with E-state index in [1.807, 2.05) is 20.9 Å². The van der Waals surface area contributed by atoms with Crippen LogP contribution >= 0.6 is 11.8 Å². The fourth-order valence-electron chi connectivity index (χ4n) is 8.27. The van der Waals surface area contributed by atoms with Crippen molar-refractivity contribution in [2.75, 3.05) is 39.9 Å². The van der Waals surface area contributed by atoms with Crippen molar-refractivity contribution in [3.05, 3.63) is 39.4 Å². The van der Waals surface area contributed by atoms with E-state index in [2.05, 4.69) is 41.1 Å². The van der Waals surface area contributed by atoms with Crippen molar-refractivity contribution < 1.29 is 38.4 Å².